The molecule has 1 aromatic carbocycles. The van der Waals surface area contributed by atoms with E-state index in [9.17, 15) is 9.59 Å². The number of rotatable bonds is 2. The molecule has 1 aromatic heterocycles. The number of aryl methyl sites for hydroxylation is 1. The van der Waals surface area contributed by atoms with E-state index in [0.717, 1.165) is 4.73 Å². The van der Waals surface area contributed by atoms with Gasteiger partial charge in [0, 0.05) is 0 Å². The van der Waals surface area contributed by atoms with Crippen molar-refractivity contribution >= 4 is 16.9 Å². The molecule has 5 heteroatoms. The molecule has 0 saturated heterocycles. The van der Waals surface area contributed by atoms with Crippen LogP contribution in [0.4, 0.5) is 0 Å². The van der Waals surface area contributed by atoms with Crippen molar-refractivity contribution in [2.45, 2.75) is 20.8 Å². The minimum absolute atomic E-state index is 0.303. The van der Waals surface area contributed by atoms with Crippen molar-refractivity contribution in [1.29, 1.82) is 0 Å². The predicted molar refractivity (Wildman–Crippen MR) is 67.2 cm³/mol. The Morgan fingerprint density at radius 2 is 2.00 bits per heavy atom. The lowest BCUT2D eigenvalue weighted by Crippen LogP contribution is -2.35. The Labute approximate surface area is 104 Å². The van der Waals surface area contributed by atoms with Crippen molar-refractivity contribution in [3.8, 4) is 0 Å². The summed E-state index contributed by atoms with van der Waals surface area (Å²) < 4.78 is 0.949. The molecule has 0 unspecified atom stereocenters. The van der Waals surface area contributed by atoms with Gasteiger partial charge in [-0.25, -0.2) is 9.78 Å². The zero-order valence-corrected chi connectivity index (χ0v) is 10.5. The number of hydrogen-bond acceptors (Lipinski definition) is 4. The maximum atomic E-state index is 12.2. The van der Waals surface area contributed by atoms with Crippen LogP contribution in [0.1, 0.15) is 19.7 Å². The molecule has 0 radical (unpaired) electrons. The zero-order valence-electron chi connectivity index (χ0n) is 10.5. The SMILES string of the molecule is Cc1nc2ccccc2c(=O)n1OC(=O)C(C)C. The van der Waals surface area contributed by atoms with Gasteiger partial charge >= 0.3 is 5.97 Å². The maximum Gasteiger partial charge on any atom is 0.335 e. The van der Waals surface area contributed by atoms with Crippen molar-refractivity contribution < 1.29 is 9.63 Å². The highest BCUT2D eigenvalue weighted by Gasteiger charge is 2.14. The van der Waals surface area contributed by atoms with Crippen LogP contribution < -0.4 is 10.4 Å². The van der Waals surface area contributed by atoms with E-state index in [1.807, 2.05) is 0 Å². The van der Waals surface area contributed by atoms with Gasteiger partial charge in [0.15, 0.2) is 0 Å². The summed E-state index contributed by atoms with van der Waals surface area (Å²) in [4.78, 5) is 33.0. The van der Waals surface area contributed by atoms with Gasteiger partial charge in [0.05, 0.1) is 16.8 Å². The quantitative estimate of drug-likeness (QED) is 0.801. The molecule has 0 atom stereocenters. The van der Waals surface area contributed by atoms with Crippen LogP contribution in [0.3, 0.4) is 0 Å². The maximum absolute atomic E-state index is 12.2. The summed E-state index contributed by atoms with van der Waals surface area (Å²) in [5, 5.41) is 0.430. The first-order valence-corrected chi connectivity index (χ1v) is 5.71. The molecule has 2 rings (SSSR count). The topological polar surface area (TPSA) is 61.2 Å². The zero-order chi connectivity index (χ0) is 13.3. The molecule has 2 aromatic rings. The lowest BCUT2D eigenvalue weighted by molar-refractivity contribution is -0.148. The van der Waals surface area contributed by atoms with Crippen LogP contribution in [0.25, 0.3) is 10.9 Å². The molecule has 18 heavy (non-hydrogen) atoms. The second kappa shape index (κ2) is 4.60. The third kappa shape index (κ3) is 2.11. The molecule has 0 amide bonds. The van der Waals surface area contributed by atoms with Gasteiger partial charge in [-0.05, 0) is 19.1 Å². The monoisotopic (exact) mass is 246 g/mol. The highest BCUT2D eigenvalue weighted by molar-refractivity contribution is 5.77. The second-order valence-corrected chi connectivity index (χ2v) is 4.34. The lowest BCUT2D eigenvalue weighted by atomic mass is 10.2. The van der Waals surface area contributed by atoms with Crippen LogP contribution in [-0.2, 0) is 4.79 Å². The van der Waals surface area contributed by atoms with Crippen LogP contribution in [0.2, 0.25) is 0 Å². The Balaban J connectivity index is 2.58. The van der Waals surface area contributed by atoms with E-state index in [2.05, 4.69) is 4.98 Å². The third-order valence-electron chi connectivity index (χ3n) is 2.55. The Bertz CT molecular complexity index is 659. The molecule has 1 heterocycles. The van der Waals surface area contributed by atoms with E-state index in [1.165, 1.54) is 0 Å². The van der Waals surface area contributed by atoms with E-state index >= 15 is 0 Å². The number of nitrogens with zero attached hydrogens (tertiary/aromatic N) is 2. The van der Waals surface area contributed by atoms with E-state index in [4.69, 9.17) is 4.84 Å². The number of fused-ring (bicyclic) bond motifs is 1. The van der Waals surface area contributed by atoms with Crippen LogP contribution >= 0.6 is 0 Å². The highest BCUT2D eigenvalue weighted by atomic mass is 16.7. The van der Waals surface area contributed by atoms with Crippen LogP contribution in [-0.4, -0.2) is 15.7 Å². The van der Waals surface area contributed by atoms with Crippen molar-refractivity contribution in [2.75, 3.05) is 0 Å². The highest BCUT2D eigenvalue weighted by Crippen LogP contribution is 2.06. The standard InChI is InChI=1S/C13H14N2O3/c1-8(2)13(17)18-15-9(3)14-11-7-5-4-6-10(11)12(15)16/h4-8H,1-3H3. The largest absolute Gasteiger partial charge is 0.335 e. The van der Waals surface area contributed by atoms with E-state index in [0.29, 0.717) is 16.7 Å². The molecule has 0 aliphatic rings. The Morgan fingerprint density at radius 3 is 2.67 bits per heavy atom. The van der Waals surface area contributed by atoms with E-state index in [-0.39, 0.29) is 11.5 Å². The van der Waals surface area contributed by atoms with Gasteiger partial charge in [-0.1, -0.05) is 26.0 Å². The van der Waals surface area contributed by atoms with Crippen molar-refractivity contribution in [3.63, 3.8) is 0 Å². The number of benzene rings is 1. The Morgan fingerprint density at radius 1 is 1.33 bits per heavy atom. The molecule has 0 fully saturated rings. The lowest BCUT2D eigenvalue weighted by Gasteiger charge is -2.11. The first-order valence-electron chi connectivity index (χ1n) is 5.71. The molecular formula is C13H14N2O3. The summed E-state index contributed by atoms with van der Waals surface area (Å²) in [6.07, 6.45) is 0. The first-order chi connectivity index (χ1) is 8.50. The van der Waals surface area contributed by atoms with E-state index in [1.54, 1.807) is 45.0 Å². The molecule has 0 bridgehead atoms. The summed E-state index contributed by atoms with van der Waals surface area (Å²) >= 11 is 0. The van der Waals surface area contributed by atoms with Crippen LogP contribution in [0, 0.1) is 12.8 Å². The van der Waals surface area contributed by atoms with Crippen molar-refractivity contribution in [2.24, 2.45) is 5.92 Å². The summed E-state index contributed by atoms with van der Waals surface area (Å²) in [5.41, 5.74) is 0.226. The van der Waals surface area contributed by atoms with E-state index < -0.39 is 5.97 Å². The normalized spacial score (nSPS) is 10.9. The fourth-order valence-corrected chi connectivity index (χ4v) is 1.53. The number of carbonyl (C=O) groups is 1. The summed E-state index contributed by atoms with van der Waals surface area (Å²) in [6, 6.07) is 6.95. The fourth-order valence-electron chi connectivity index (χ4n) is 1.53. The van der Waals surface area contributed by atoms with Crippen molar-refractivity contribution in [3.05, 3.63) is 40.4 Å². The minimum atomic E-state index is -0.461. The predicted octanol–water partition coefficient (Wildman–Crippen LogP) is 1.32. The molecule has 0 aliphatic heterocycles. The van der Waals surface area contributed by atoms with Gasteiger partial charge < -0.3 is 4.84 Å². The minimum Gasteiger partial charge on any atom is -0.331 e. The van der Waals surface area contributed by atoms with Gasteiger partial charge in [0.25, 0.3) is 5.56 Å². The summed E-state index contributed by atoms with van der Waals surface area (Å²) in [7, 11) is 0. The molecule has 0 aliphatic carbocycles. The summed E-state index contributed by atoms with van der Waals surface area (Å²) in [6.45, 7) is 5.04. The van der Waals surface area contributed by atoms with Gasteiger partial charge in [-0.15, -0.1) is 4.73 Å². The number of aromatic nitrogens is 2. The Kier molecular flexibility index (Phi) is 3.14. The van der Waals surface area contributed by atoms with Gasteiger partial charge in [-0.2, -0.15) is 0 Å². The fraction of sp³-hybridized carbons (Fsp3) is 0.308. The number of hydrogen-bond donors (Lipinski definition) is 0. The first kappa shape index (κ1) is 12.3. The summed E-state index contributed by atoms with van der Waals surface area (Å²) in [5.74, 6) is -0.409. The second-order valence-electron chi connectivity index (χ2n) is 4.34. The van der Waals surface area contributed by atoms with Gasteiger partial charge in [0.2, 0.25) is 0 Å². The molecule has 0 spiro atoms. The average Bonchev–Trinajstić information content (AvgIpc) is 2.34. The molecule has 0 N–H and O–H groups in total. The average molecular weight is 246 g/mol. The van der Waals surface area contributed by atoms with Crippen LogP contribution in [0.5, 0.6) is 0 Å². The molecule has 5 nitrogen and oxygen atoms in total. The molecule has 0 saturated carbocycles. The van der Waals surface area contributed by atoms with Gasteiger partial charge in [-0.3, -0.25) is 4.79 Å². The van der Waals surface area contributed by atoms with Crippen LogP contribution in [0.15, 0.2) is 29.1 Å². The van der Waals surface area contributed by atoms with Crippen molar-refractivity contribution in [1.82, 2.24) is 9.71 Å². The van der Waals surface area contributed by atoms with Gasteiger partial charge in [0.1, 0.15) is 5.82 Å². The third-order valence-corrected chi connectivity index (χ3v) is 2.55. The molecular weight excluding hydrogens is 232 g/mol. The number of carbonyl (C=O) groups excluding carboxylic acids is 1. The Hall–Kier alpha value is -2.17. The smallest absolute Gasteiger partial charge is 0.331 e. The molecule has 94 valence electrons. The number of para-hydroxylation sites is 1.